The van der Waals surface area contributed by atoms with Crippen molar-refractivity contribution in [1.29, 1.82) is 5.26 Å². The summed E-state index contributed by atoms with van der Waals surface area (Å²) in [6, 6.07) is 8.63. The second-order valence-corrected chi connectivity index (χ2v) is 7.72. The van der Waals surface area contributed by atoms with E-state index in [2.05, 4.69) is 0 Å². The van der Waals surface area contributed by atoms with Gasteiger partial charge in [0.1, 0.15) is 5.69 Å². The van der Waals surface area contributed by atoms with Crippen LogP contribution in [0.5, 0.6) is 0 Å². The van der Waals surface area contributed by atoms with Crippen molar-refractivity contribution in [3.05, 3.63) is 52.8 Å². The molecule has 0 spiro atoms. The van der Waals surface area contributed by atoms with Crippen molar-refractivity contribution in [2.75, 3.05) is 6.54 Å². The average Bonchev–Trinajstić information content (AvgIpc) is 3.31. The summed E-state index contributed by atoms with van der Waals surface area (Å²) in [5.74, 6) is -0.383. The quantitative estimate of drug-likeness (QED) is 0.794. The van der Waals surface area contributed by atoms with Crippen molar-refractivity contribution >= 4 is 5.78 Å². The Kier molecular flexibility index (Phi) is 4.75. The predicted molar refractivity (Wildman–Crippen MR) is 98.7 cm³/mol. The Morgan fingerprint density at radius 1 is 1.28 bits per heavy atom. The number of aromatic nitrogens is 1. The van der Waals surface area contributed by atoms with Gasteiger partial charge in [-0.15, -0.1) is 0 Å². The first kappa shape index (κ1) is 19.7. The number of hydrogen-bond acceptors (Lipinski definition) is 4. The van der Waals surface area contributed by atoms with E-state index in [1.165, 1.54) is 31.2 Å². The van der Waals surface area contributed by atoms with Crippen LogP contribution in [0.15, 0.2) is 30.3 Å². The lowest BCUT2D eigenvalue weighted by Gasteiger charge is -2.21. The molecular formula is C21H20F3N3O2. The van der Waals surface area contributed by atoms with E-state index in [0.717, 1.165) is 23.5 Å². The zero-order valence-electron chi connectivity index (χ0n) is 15.8. The molecule has 5 nitrogen and oxygen atoms in total. The highest BCUT2D eigenvalue weighted by molar-refractivity contribution is 5.99. The van der Waals surface area contributed by atoms with E-state index in [-0.39, 0.29) is 41.4 Å². The highest BCUT2D eigenvalue weighted by atomic mass is 19.4. The van der Waals surface area contributed by atoms with Gasteiger partial charge in [0.15, 0.2) is 5.78 Å². The molecule has 3 heterocycles. The van der Waals surface area contributed by atoms with E-state index in [1.54, 1.807) is 0 Å². The highest BCUT2D eigenvalue weighted by Gasteiger charge is 2.46. The molecule has 2 bridgehead atoms. The predicted octanol–water partition coefficient (Wildman–Crippen LogP) is 3.46. The van der Waals surface area contributed by atoms with E-state index in [9.17, 15) is 23.1 Å². The molecule has 2 aliphatic heterocycles. The van der Waals surface area contributed by atoms with Gasteiger partial charge in [-0.1, -0.05) is 0 Å². The Morgan fingerprint density at radius 3 is 2.48 bits per heavy atom. The molecular weight excluding hydrogens is 383 g/mol. The van der Waals surface area contributed by atoms with Crippen LogP contribution in [-0.2, 0) is 6.18 Å². The fourth-order valence-electron chi connectivity index (χ4n) is 4.68. The number of nitrogens with zero attached hydrogens (tertiary/aromatic N) is 3. The van der Waals surface area contributed by atoms with Gasteiger partial charge in [0.25, 0.3) is 0 Å². The normalized spacial score (nSPS) is 24.1. The number of rotatable bonds is 4. The number of carbonyl (C=O) groups excluding carboxylic acids is 1. The molecule has 1 N–H and O–H groups in total. The zero-order valence-corrected chi connectivity index (χ0v) is 15.8. The van der Waals surface area contributed by atoms with Crippen molar-refractivity contribution in [1.82, 2.24) is 9.47 Å². The standard InChI is InChI=1S/C21H20F3N3O2/c1-12-16(19(29)11-26-15-6-7-17(26)18(28)8-15)9-20(21(22,23)24)27(12)14-4-2-13(10-25)3-5-14/h2-5,9,15,17-18,28H,6-8,11H2,1H3/t15?,17?,18-/m0/s1. The third-order valence-electron chi connectivity index (χ3n) is 6.07. The molecule has 29 heavy (non-hydrogen) atoms. The van der Waals surface area contributed by atoms with Crippen LogP contribution in [0.3, 0.4) is 0 Å². The van der Waals surface area contributed by atoms with Gasteiger partial charge in [-0.3, -0.25) is 9.69 Å². The first-order valence-electron chi connectivity index (χ1n) is 9.47. The molecule has 8 heteroatoms. The van der Waals surface area contributed by atoms with Gasteiger partial charge in [-0.05, 0) is 56.5 Å². The fourth-order valence-corrected chi connectivity index (χ4v) is 4.68. The summed E-state index contributed by atoms with van der Waals surface area (Å²) in [4.78, 5) is 14.9. The number of hydrogen-bond donors (Lipinski definition) is 1. The van der Waals surface area contributed by atoms with Crippen LogP contribution in [0.2, 0.25) is 0 Å². The van der Waals surface area contributed by atoms with Crippen LogP contribution in [-0.4, -0.2) is 45.1 Å². The summed E-state index contributed by atoms with van der Waals surface area (Å²) in [5.41, 5.74) is -0.106. The molecule has 2 saturated heterocycles. The summed E-state index contributed by atoms with van der Waals surface area (Å²) in [6.45, 7) is 1.50. The number of halogens is 3. The third kappa shape index (κ3) is 3.34. The minimum atomic E-state index is -4.64. The lowest BCUT2D eigenvalue weighted by Crippen LogP contribution is -2.36. The molecule has 3 atom stereocenters. The molecule has 4 rings (SSSR count). The molecule has 2 fully saturated rings. The van der Waals surface area contributed by atoms with Crippen LogP contribution in [0.25, 0.3) is 5.69 Å². The zero-order chi connectivity index (χ0) is 20.9. The summed E-state index contributed by atoms with van der Waals surface area (Å²) in [6.07, 6.45) is -2.81. The van der Waals surface area contributed by atoms with Gasteiger partial charge < -0.3 is 9.67 Å². The van der Waals surface area contributed by atoms with Gasteiger partial charge in [0, 0.05) is 29.0 Å². The molecule has 0 amide bonds. The Morgan fingerprint density at radius 2 is 1.97 bits per heavy atom. The van der Waals surface area contributed by atoms with E-state index in [4.69, 9.17) is 5.26 Å². The van der Waals surface area contributed by atoms with Gasteiger partial charge in [0.05, 0.1) is 24.3 Å². The van der Waals surface area contributed by atoms with Gasteiger partial charge in [-0.2, -0.15) is 18.4 Å². The number of fused-ring (bicyclic) bond motifs is 2. The number of nitriles is 1. The van der Waals surface area contributed by atoms with Gasteiger partial charge in [0.2, 0.25) is 0 Å². The van der Waals surface area contributed by atoms with Crippen LogP contribution >= 0.6 is 0 Å². The van der Waals surface area contributed by atoms with Gasteiger partial charge >= 0.3 is 6.18 Å². The third-order valence-corrected chi connectivity index (χ3v) is 6.07. The number of ketones is 1. The highest BCUT2D eigenvalue weighted by Crippen LogP contribution is 2.39. The van der Waals surface area contributed by atoms with Crippen LogP contribution in [0.4, 0.5) is 13.2 Å². The summed E-state index contributed by atoms with van der Waals surface area (Å²) >= 11 is 0. The number of aliphatic hydroxyl groups is 1. The molecule has 2 aromatic rings. The lowest BCUT2D eigenvalue weighted by atomic mass is 9.98. The Labute approximate surface area is 166 Å². The largest absolute Gasteiger partial charge is 0.431 e. The van der Waals surface area contributed by atoms with E-state index < -0.39 is 18.0 Å². The van der Waals surface area contributed by atoms with Crippen molar-refractivity contribution < 1.29 is 23.1 Å². The molecule has 0 saturated carbocycles. The molecule has 2 aliphatic rings. The first-order valence-corrected chi connectivity index (χ1v) is 9.47. The molecule has 1 aromatic carbocycles. The van der Waals surface area contributed by atoms with Crippen LogP contribution in [0, 0.1) is 18.3 Å². The average molecular weight is 403 g/mol. The molecule has 152 valence electrons. The summed E-state index contributed by atoms with van der Waals surface area (Å²) in [5, 5.41) is 19.0. The maximum atomic E-state index is 13.7. The Balaban J connectivity index is 1.70. The minimum Gasteiger partial charge on any atom is -0.391 e. The lowest BCUT2D eigenvalue weighted by molar-refractivity contribution is -0.142. The topological polar surface area (TPSA) is 69.3 Å². The maximum Gasteiger partial charge on any atom is 0.431 e. The second-order valence-electron chi connectivity index (χ2n) is 7.72. The molecule has 0 aliphatic carbocycles. The fraction of sp³-hybridized carbons (Fsp3) is 0.429. The smallest absolute Gasteiger partial charge is 0.391 e. The molecule has 2 unspecified atom stereocenters. The number of carbonyl (C=O) groups is 1. The SMILES string of the molecule is Cc1c(C(=O)CN2C3CCC2[C@@H](O)C3)cc(C(F)(F)F)n1-c1ccc(C#N)cc1. The Hall–Kier alpha value is -2.63. The molecule has 1 aromatic heterocycles. The minimum absolute atomic E-state index is 0.00190. The van der Waals surface area contributed by atoms with E-state index >= 15 is 0 Å². The van der Waals surface area contributed by atoms with E-state index in [1.807, 2.05) is 11.0 Å². The number of Topliss-reactive ketones (excluding diaryl/α,β-unsaturated/α-hetero) is 1. The van der Waals surface area contributed by atoms with Crippen molar-refractivity contribution in [3.63, 3.8) is 0 Å². The Bertz CT molecular complexity index is 988. The number of benzene rings is 1. The monoisotopic (exact) mass is 403 g/mol. The van der Waals surface area contributed by atoms with Crippen molar-refractivity contribution in [2.24, 2.45) is 0 Å². The molecule has 0 radical (unpaired) electrons. The summed E-state index contributed by atoms with van der Waals surface area (Å²) < 4.78 is 42.1. The first-order chi connectivity index (χ1) is 13.7. The summed E-state index contributed by atoms with van der Waals surface area (Å²) in [7, 11) is 0. The number of alkyl halides is 3. The maximum absolute atomic E-state index is 13.7. The number of aliphatic hydroxyl groups excluding tert-OH is 1. The van der Waals surface area contributed by atoms with Gasteiger partial charge in [-0.25, -0.2) is 0 Å². The van der Waals surface area contributed by atoms with Crippen LogP contribution < -0.4 is 0 Å². The van der Waals surface area contributed by atoms with Crippen molar-refractivity contribution in [2.45, 2.75) is 50.6 Å². The second kappa shape index (κ2) is 7.01. The van der Waals surface area contributed by atoms with Crippen molar-refractivity contribution in [3.8, 4) is 11.8 Å². The van der Waals surface area contributed by atoms with E-state index in [0.29, 0.717) is 12.0 Å². The van der Waals surface area contributed by atoms with Crippen LogP contribution in [0.1, 0.15) is 46.6 Å².